The molecule has 1 fully saturated rings. The van der Waals surface area contributed by atoms with Crippen molar-refractivity contribution in [3.63, 3.8) is 0 Å². The second kappa shape index (κ2) is 9.55. The van der Waals surface area contributed by atoms with Gasteiger partial charge >= 0.3 is 0 Å². The Morgan fingerprint density at radius 1 is 0.970 bits per heavy atom. The van der Waals surface area contributed by atoms with Crippen LogP contribution in [0.4, 0.5) is 5.69 Å². The second-order valence-electron chi connectivity index (χ2n) is 8.81. The molecule has 5 rings (SSSR count). The van der Waals surface area contributed by atoms with E-state index in [-0.39, 0.29) is 23.9 Å². The van der Waals surface area contributed by atoms with Crippen LogP contribution >= 0.6 is 0 Å². The predicted octanol–water partition coefficient (Wildman–Crippen LogP) is 3.43. The monoisotopic (exact) mass is 440 g/mol. The number of benzene rings is 2. The van der Waals surface area contributed by atoms with E-state index >= 15 is 0 Å². The zero-order chi connectivity index (χ0) is 22.6. The first-order chi connectivity index (χ1) is 16.2. The van der Waals surface area contributed by atoms with Gasteiger partial charge in [0.25, 0.3) is 5.91 Å². The molecule has 2 unspecified atom stereocenters. The highest BCUT2D eigenvalue weighted by Gasteiger charge is 2.39. The molecule has 1 N–H and O–H groups in total. The van der Waals surface area contributed by atoms with E-state index in [1.54, 1.807) is 18.5 Å². The lowest BCUT2D eigenvalue weighted by Gasteiger charge is -2.29. The van der Waals surface area contributed by atoms with Crippen molar-refractivity contribution < 1.29 is 9.59 Å². The Kier molecular flexibility index (Phi) is 6.17. The maximum absolute atomic E-state index is 13.4. The standard InChI is InChI=1S/C27H28N4O2/c32-26(15-20-7-2-1-3-8-20)29-17-23-12-13-24-19-31(27(33)21-10-6-14-28-16-21)25-11-5-4-9-22(25)18-30(23)24/h1-11,14,16,23-24H,12-13,15,17-19H2,(H,29,32). The SMILES string of the molecule is O=C(Cc1ccccc1)NCC1CCC2CN(C(=O)c3cccnc3)c3ccccc3CN12. The molecule has 0 bridgehead atoms. The zero-order valence-corrected chi connectivity index (χ0v) is 18.6. The van der Waals surface area contributed by atoms with Crippen molar-refractivity contribution in [2.75, 3.05) is 18.0 Å². The van der Waals surface area contributed by atoms with Crippen molar-refractivity contribution in [2.24, 2.45) is 0 Å². The van der Waals surface area contributed by atoms with Gasteiger partial charge in [-0.25, -0.2) is 0 Å². The number of para-hydroxylation sites is 1. The molecule has 0 radical (unpaired) electrons. The van der Waals surface area contributed by atoms with Crippen molar-refractivity contribution in [3.05, 3.63) is 95.8 Å². The summed E-state index contributed by atoms with van der Waals surface area (Å²) in [6, 6.07) is 22.1. The van der Waals surface area contributed by atoms with E-state index < -0.39 is 0 Å². The molecule has 2 aromatic carbocycles. The number of hydrogen-bond acceptors (Lipinski definition) is 4. The Balaban J connectivity index is 1.31. The molecule has 0 spiro atoms. The van der Waals surface area contributed by atoms with E-state index in [1.807, 2.05) is 59.5 Å². The number of aromatic nitrogens is 1. The lowest BCUT2D eigenvalue weighted by atomic mass is 10.1. The van der Waals surface area contributed by atoms with Crippen LogP contribution < -0.4 is 10.2 Å². The van der Waals surface area contributed by atoms with Gasteiger partial charge in [0.15, 0.2) is 0 Å². The summed E-state index contributed by atoms with van der Waals surface area (Å²) in [5.41, 5.74) is 3.73. The number of rotatable bonds is 5. The Morgan fingerprint density at radius 2 is 1.79 bits per heavy atom. The lowest BCUT2D eigenvalue weighted by Crippen LogP contribution is -2.46. The van der Waals surface area contributed by atoms with Crippen LogP contribution in [0, 0.1) is 0 Å². The third-order valence-electron chi connectivity index (χ3n) is 6.70. The number of fused-ring (bicyclic) bond motifs is 2. The Bertz CT molecular complexity index is 1120. The van der Waals surface area contributed by atoms with Crippen molar-refractivity contribution in [1.29, 1.82) is 0 Å². The molecule has 0 aliphatic carbocycles. The number of carbonyl (C=O) groups is 2. The minimum absolute atomic E-state index is 0.0167. The fourth-order valence-corrected chi connectivity index (χ4v) is 5.01. The molecular weight excluding hydrogens is 412 g/mol. The van der Waals surface area contributed by atoms with Crippen LogP contribution in [0.2, 0.25) is 0 Å². The van der Waals surface area contributed by atoms with E-state index in [4.69, 9.17) is 0 Å². The van der Waals surface area contributed by atoms with Crippen molar-refractivity contribution in [2.45, 2.75) is 37.9 Å². The van der Waals surface area contributed by atoms with Gasteiger partial charge in [0.05, 0.1) is 12.0 Å². The van der Waals surface area contributed by atoms with Gasteiger partial charge in [-0.15, -0.1) is 0 Å². The topological polar surface area (TPSA) is 65.5 Å². The summed E-state index contributed by atoms with van der Waals surface area (Å²) in [6.07, 6.45) is 5.72. The number of amides is 2. The van der Waals surface area contributed by atoms with Crippen LogP contribution in [0.3, 0.4) is 0 Å². The van der Waals surface area contributed by atoms with Gasteiger partial charge in [-0.1, -0.05) is 48.5 Å². The average Bonchev–Trinajstić information content (AvgIpc) is 3.15. The molecule has 33 heavy (non-hydrogen) atoms. The smallest absolute Gasteiger partial charge is 0.259 e. The molecule has 6 heteroatoms. The first-order valence-corrected chi connectivity index (χ1v) is 11.5. The average molecular weight is 441 g/mol. The number of anilines is 1. The van der Waals surface area contributed by atoms with Crippen molar-refractivity contribution >= 4 is 17.5 Å². The molecule has 2 amide bonds. The summed E-state index contributed by atoms with van der Waals surface area (Å²) in [6.45, 7) is 2.04. The fourth-order valence-electron chi connectivity index (χ4n) is 5.01. The van der Waals surface area contributed by atoms with Gasteiger partial charge in [-0.2, -0.15) is 0 Å². The highest BCUT2D eigenvalue weighted by atomic mass is 16.2. The van der Waals surface area contributed by atoms with Crippen LogP contribution in [0.5, 0.6) is 0 Å². The van der Waals surface area contributed by atoms with E-state index in [0.717, 1.165) is 36.2 Å². The number of carbonyl (C=O) groups excluding carboxylic acids is 2. The molecule has 2 atom stereocenters. The quantitative estimate of drug-likeness (QED) is 0.660. The van der Waals surface area contributed by atoms with Gasteiger partial charge in [-0.3, -0.25) is 19.5 Å². The Morgan fingerprint density at radius 3 is 2.61 bits per heavy atom. The maximum atomic E-state index is 13.4. The second-order valence-corrected chi connectivity index (χ2v) is 8.81. The number of pyridine rings is 1. The molecule has 0 saturated carbocycles. The van der Waals surface area contributed by atoms with Crippen molar-refractivity contribution in [1.82, 2.24) is 15.2 Å². The molecule has 1 saturated heterocycles. The largest absolute Gasteiger partial charge is 0.354 e. The van der Waals surface area contributed by atoms with Crippen LogP contribution in [0.25, 0.3) is 0 Å². The Hall–Kier alpha value is -3.51. The summed E-state index contributed by atoms with van der Waals surface area (Å²) < 4.78 is 0. The van der Waals surface area contributed by atoms with Gasteiger partial charge in [0.2, 0.25) is 5.91 Å². The highest BCUT2D eigenvalue weighted by Crippen LogP contribution is 2.35. The summed E-state index contributed by atoms with van der Waals surface area (Å²) in [7, 11) is 0. The Labute approximate surface area is 194 Å². The third kappa shape index (κ3) is 4.66. The van der Waals surface area contributed by atoms with E-state index in [0.29, 0.717) is 25.1 Å². The first-order valence-electron chi connectivity index (χ1n) is 11.5. The van der Waals surface area contributed by atoms with E-state index in [9.17, 15) is 9.59 Å². The van der Waals surface area contributed by atoms with Gasteiger partial charge in [0.1, 0.15) is 0 Å². The normalized spacial score (nSPS) is 19.9. The molecule has 6 nitrogen and oxygen atoms in total. The van der Waals surface area contributed by atoms with E-state index in [1.165, 1.54) is 0 Å². The van der Waals surface area contributed by atoms with Crippen LogP contribution in [0.15, 0.2) is 79.1 Å². The molecule has 3 aromatic rings. The highest BCUT2D eigenvalue weighted by molar-refractivity contribution is 6.06. The summed E-state index contributed by atoms with van der Waals surface area (Å²) in [5.74, 6) is 0.0327. The molecule has 1 aromatic heterocycles. The van der Waals surface area contributed by atoms with E-state index in [2.05, 4.69) is 21.3 Å². The van der Waals surface area contributed by atoms with Crippen molar-refractivity contribution in [3.8, 4) is 0 Å². The molecule has 3 heterocycles. The molecular formula is C27H28N4O2. The van der Waals surface area contributed by atoms with Crippen LogP contribution in [0.1, 0.15) is 34.3 Å². The predicted molar refractivity (Wildman–Crippen MR) is 128 cm³/mol. The van der Waals surface area contributed by atoms with Crippen LogP contribution in [-0.2, 0) is 17.8 Å². The number of nitrogens with one attached hydrogen (secondary N) is 1. The molecule has 2 aliphatic heterocycles. The lowest BCUT2D eigenvalue weighted by molar-refractivity contribution is -0.120. The van der Waals surface area contributed by atoms with Crippen LogP contribution in [-0.4, -0.2) is 46.9 Å². The number of nitrogens with zero attached hydrogens (tertiary/aromatic N) is 3. The molecule has 2 aliphatic rings. The summed E-state index contributed by atoms with van der Waals surface area (Å²) in [5, 5.41) is 3.14. The minimum Gasteiger partial charge on any atom is -0.354 e. The minimum atomic E-state index is -0.0167. The fraction of sp³-hybridized carbons (Fsp3) is 0.296. The molecule has 168 valence electrons. The van der Waals surface area contributed by atoms with Gasteiger partial charge < -0.3 is 10.2 Å². The first kappa shape index (κ1) is 21.3. The summed E-state index contributed by atoms with van der Waals surface area (Å²) >= 11 is 0. The number of hydrogen-bond donors (Lipinski definition) is 1. The van der Waals surface area contributed by atoms with Gasteiger partial charge in [-0.05, 0) is 42.2 Å². The summed E-state index contributed by atoms with van der Waals surface area (Å²) in [4.78, 5) is 34.4. The third-order valence-corrected chi connectivity index (χ3v) is 6.70. The maximum Gasteiger partial charge on any atom is 0.259 e. The van der Waals surface area contributed by atoms with Gasteiger partial charge in [0, 0.05) is 49.8 Å². The zero-order valence-electron chi connectivity index (χ0n) is 18.6.